The molecule has 3 aliphatic heterocycles. The molecule has 3 saturated heterocycles. The maximum absolute atomic E-state index is 12.2. The number of hydrogen-bond acceptors (Lipinski definition) is 18. The monoisotopic (exact) mass is 1020 g/mol. The zero-order valence-electron chi connectivity index (χ0n) is 39.6. The molecule has 3 rings (SSSR count). The molecule has 11 N–H and O–H groups in total. The van der Waals surface area contributed by atoms with Crippen LogP contribution < -0.4 is 0 Å². The van der Waals surface area contributed by atoms with Crippen molar-refractivity contribution in [3.63, 3.8) is 0 Å². The normalized spacial score (nSPS) is 30.6. The number of rotatable bonds is 33. The molecule has 0 amide bonds. The zero-order valence-corrected chi connectivity index (χ0v) is 42.2. The number of aliphatic hydroxyl groups is 9. The second-order valence-corrected chi connectivity index (χ2v) is 24.3. The maximum atomic E-state index is 12.2. The third kappa shape index (κ3) is 25.8. The number of sulfone groups is 1. The van der Waals surface area contributed by atoms with E-state index in [1.807, 2.05) is 6.92 Å². The Labute approximate surface area is 393 Å². The molecule has 0 aromatic carbocycles. The Morgan fingerprint density at radius 1 is 0.470 bits per heavy atom. The summed E-state index contributed by atoms with van der Waals surface area (Å²) in [4.78, 5) is 19.7. The van der Waals surface area contributed by atoms with Crippen LogP contribution in [0.5, 0.6) is 0 Å². The molecule has 3 fully saturated rings. The van der Waals surface area contributed by atoms with Crippen molar-refractivity contribution >= 4 is 24.8 Å². The van der Waals surface area contributed by atoms with Crippen LogP contribution in [0.25, 0.3) is 0 Å². The Morgan fingerprint density at radius 2 is 0.864 bits per heavy atom. The van der Waals surface area contributed by atoms with E-state index in [0.717, 1.165) is 44.9 Å². The van der Waals surface area contributed by atoms with Gasteiger partial charge in [-0.25, -0.2) is 8.42 Å². The van der Waals surface area contributed by atoms with Crippen LogP contribution in [0.2, 0.25) is 0 Å². The largest absolute Gasteiger partial charge is 0.394 e. The lowest BCUT2D eigenvalue weighted by atomic mass is 10.1. The summed E-state index contributed by atoms with van der Waals surface area (Å²) < 4.78 is 74.0. The molecular weight excluding hydrogens is 930 g/mol. The van der Waals surface area contributed by atoms with Crippen LogP contribution in [-0.4, -0.2) is 207 Å². The highest BCUT2D eigenvalue weighted by molar-refractivity contribution is 7.91. The van der Waals surface area contributed by atoms with Gasteiger partial charge in [-0.3, -0.25) is 9.13 Å². The van der Waals surface area contributed by atoms with Crippen molar-refractivity contribution in [3.05, 3.63) is 0 Å². The molecular formula is C43H88O20P2S. The first kappa shape index (κ1) is 63.8. The molecule has 3 heterocycles. The van der Waals surface area contributed by atoms with Gasteiger partial charge in [-0.05, 0) is 32.1 Å². The number of ether oxygens (including phenoxy) is 4. The van der Waals surface area contributed by atoms with E-state index in [1.165, 1.54) is 44.9 Å². The van der Waals surface area contributed by atoms with E-state index in [1.54, 1.807) is 0 Å². The predicted molar refractivity (Wildman–Crippen MR) is 248 cm³/mol. The lowest BCUT2D eigenvalue weighted by molar-refractivity contribution is -0.0175. The van der Waals surface area contributed by atoms with Gasteiger partial charge in [-0.15, -0.1) is 0 Å². The van der Waals surface area contributed by atoms with E-state index in [0.29, 0.717) is 32.5 Å². The van der Waals surface area contributed by atoms with Gasteiger partial charge in [0.2, 0.25) is 7.37 Å². The summed E-state index contributed by atoms with van der Waals surface area (Å²) in [5.41, 5.74) is 0. The zero-order chi connectivity index (χ0) is 49.8. The lowest BCUT2D eigenvalue weighted by Crippen LogP contribution is -2.36. The average Bonchev–Trinajstić information content (AvgIpc) is 3.81. The first-order valence-corrected chi connectivity index (χ1v) is 29.8. The SMILES string of the molecule is CCCCCCCCCP(=O)(O)CC1OC(CO)C(O)C1O.CCCCCCCCCS(=O)(=O)CC1OC(CO)C(O)C1O.CCCOCCCCOP(=O)(O)CC1OC(CO)C(O)C1O. The van der Waals surface area contributed by atoms with Crippen molar-refractivity contribution in [2.24, 2.45) is 0 Å². The van der Waals surface area contributed by atoms with Crippen molar-refractivity contribution in [2.75, 3.05) is 69.6 Å². The highest BCUT2D eigenvalue weighted by Gasteiger charge is 2.47. The van der Waals surface area contributed by atoms with Crippen molar-refractivity contribution in [1.29, 1.82) is 0 Å². The van der Waals surface area contributed by atoms with Crippen LogP contribution in [0.15, 0.2) is 0 Å². The second kappa shape index (κ2) is 35.0. The second-order valence-electron chi connectivity index (χ2n) is 17.7. The Balaban J connectivity index is 0.000000495. The lowest BCUT2D eigenvalue weighted by Gasteiger charge is -2.18. The standard InChI is InChI=1S/C15H31O6P.C15H30O6S.C13H27O8P/c2*1-2-3-4-5-6-7-8-9-22(19,20)11-13-15(18)14(17)12(10-16)21-13;1-2-5-19-6-3-4-7-20-22(17,18)9-11-13(16)12(15)10(8-14)21-11/h12-18H,2-11H2,1H3,(H,19,20);12-18H,2-11H2,1H3;10-16H,2-9H2,1H3,(H,17,18). The summed E-state index contributed by atoms with van der Waals surface area (Å²) in [7, 11) is -10.6. The van der Waals surface area contributed by atoms with Crippen molar-refractivity contribution < 1.29 is 96.8 Å². The average molecular weight is 1020 g/mol. The third-order valence-electron chi connectivity index (χ3n) is 11.7. The minimum atomic E-state index is -3.92. The molecule has 14 unspecified atom stereocenters. The molecule has 0 aromatic rings. The Kier molecular flexibility index (Phi) is 33.8. The van der Waals surface area contributed by atoms with Gasteiger partial charge in [0.15, 0.2) is 9.84 Å². The molecule has 0 radical (unpaired) electrons. The molecule has 0 spiro atoms. The minimum absolute atomic E-state index is 0.0766. The molecule has 0 saturated carbocycles. The molecule has 0 aliphatic carbocycles. The van der Waals surface area contributed by atoms with E-state index < -0.39 is 124 Å². The van der Waals surface area contributed by atoms with Crippen LogP contribution in [0.3, 0.4) is 0 Å². The van der Waals surface area contributed by atoms with Crippen LogP contribution in [-0.2, 0) is 42.4 Å². The molecule has 23 heteroatoms. The third-order valence-corrected chi connectivity index (χ3v) is 16.8. The van der Waals surface area contributed by atoms with Crippen LogP contribution >= 0.6 is 15.0 Å². The Bertz CT molecular complexity index is 1370. The van der Waals surface area contributed by atoms with Gasteiger partial charge in [-0.2, -0.15) is 0 Å². The summed E-state index contributed by atoms with van der Waals surface area (Å²) in [6.07, 6.45) is 3.63. The smallest absolute Gasteiger partial charge is 0.330 e. The fourth-order valence-corrected chi connectivity index (χ4v) is 12.3. The summed E-state index contributed by atoms with van der Waals surface area (Å²) in [6, 6.07) is 0. The first-order valence-electron chi connectivity index (χ1n) is 24.2. The van der Waals surface area contributed by atoms with Crippen LogP contribution in [0.4, 0.5) is 0 Å². The molecule has 3 aliphatic rings. The topological polar surface area (TPSA) is 337 Å². The molecule has 0 aromatic heterocycles. The van der Waals surface area contributed by atoms with Gasteiger partial charge in [0.25, 0.3) is 0 Å². The highest BCUT2D eigenvalue weighted by atomic mass is 32.2. The fourth-order valence-electron chi connectivity index (χ4n) is 7.71. The van der Waals surface area contributed by atoms with Crippen molar-refractivity contribution in [3.8, 4) is 0 Å². The van der Waals surface area contributed by atoms with Gasteiger partial charge < -0.3 is 79.2 Å². The summed E-state index contributed by atoms with van der Waals surface area (Å²) in [5, 5.41) is 85.1. The van der Waals surface area contributed by atoms with Crippen molar-refractivity contribution in [2.45, 2.75) is 203 Å². The Hall–Kier alpha value is -0.230. The van der Waals surface area contributed by atoms with Gasteiger partial charge >= 0.3 is 7.60 Å². The Morgan fingerprint density at radius 3 is 1.32 bits per heavy atom. The van der Waals surface area contributed by atoms with E-state index in [-0.39, 0.29) is 30.4 Å². The van der Waals surface area contributed by atoms with E-state index in [4.69, 9.17) is 38.8 Å². The molecule has 14 atom stereocenters. The van der Waals surface area contributed by atoms with E-state index in [2.05, 4.69) is 13.8 Å². The van der Waals surface area contributed by atoms with E-state index >= 15 is 0 Å². The molecule has 0 bridgehead atoms. The van der Waals surface area contributed by atoms with Crippen LogP contribution in [0.1, 0.15) is 130 Å². The maximum Gasteiger partial charge on any atom is 0.330 e. The predicted octanol–water partition coefficient (Wildman–Crippen LogP) is 2.00. The summed E-state index contributed by atoms with van der Waals surface area (Å²) >= 11 is 0. The van der Waals surface area contributed by atoms with Gasteiger partial charge in [-0.1, -0.05) is 97.8 Å². The van der Waals surface area contributed by atoms with E-state index in [9.17, 15) is 58.0 Å². The quantitative estimate of drug-likeness (QED) is 0.0331. The number of aliphatic hydroxyl groups excluding tert-OH is 9. The van der Waals surface area contributed by atoms with Gasteiger partial charge in [0.05, 0.1) is 62.5 Å². The highest BCUT2D eigenvalue weighted by Crippen LogP contribution is 2.46. The minimum Gasteiger partial charge on any atom is -0.394 e. The number of unbranched alkanes of at least 4 members (excludes halogenated alkanes) is 13. The number of hydrogen-bond donors (Lipinski definition) is 11. The summed E-state index contributed by atoms with van der Waals surface area (Å²) in [5.74, 6) is -0.231. The molecule has 396 valence electrons. The fraction of sp³-hybridized carbons (Fsp3) is 1.00. The molecule has 66 heavy (non-hydrogen) atoms. The van der Waals surface area contributed by atoms with Gasteiger partial charge in [0, 0.05) is 19.4 Å². The summed E-state index contributed by atoms with van der Waals surface area (Å²) in [6.45, 7) is 6.41. The van der Waals surface area contributed by atoms with Crippen molar-refractivity contribution in [1.82, 2.24) is 0 Å². The first-order chi connectivity index (χ1) is 31.2. The van der Waals surface area contributed by atoms with Gasteiger partial charge in [0.1, 0.15) is 61.0 Å². The molecule has 20 nitrogen and oxygen atoms in total. The van der Waals surface area contributed by atoms with Crippen LogP contribution in [0, 0.1) is 0 Å².